The van der Waals surface area contributed by atoms with Gasteiger partial charge >= 0.3 is 0 Å². The SMILES string of the molecule is CN(Cc1ccc(F)c(Br)c1)C1CCCCCC1. The fourth-order valence-electron chi connectivity index (χ4n) is 2.75. The highest BCUT2D eigenvalue weighted by molar-refractivity contribution is 9.10. The van der Waals surface area contributed by atoms with Crippen molar-refractivity contribution in [1.82, 2.24) is 4.90 Å². The second-order valence-corrected chi connectivity index (χ2v) is 6.16. The van der Waals surface area contributed by atoms with Crippen molar-refractivity contribution in [3.63, 3.8) is 0 Å². The van der Waals surface area contributed by atoms with Crippen molar-refractivity contribution in [3.05, 3.63) is 34.1 Å². The van der Waals surface area contributed by atoms with Crippen molar-refractivity contribution < 1.29 is 4.39 Å². The van der Waals surface area contributed by atoms with Crippen molar-refractivity contribution in [3.8, 4) is 0 Å². The normalized spacial score (nSPS) is 18.0. The van der Waals surface area contributed by atoms with Gasteiger partial charge in [0, 0.05) is 12.6 Å². The number of benzene rings is 1. The van der Waals surface area contributed by atoms with Crippen molar-refractivity contribution in [2.75, 3.05) is 7.05 Å². The van der Waals surface area contributed by atoms with Crippen LogP contribution in [0, 0.1) is 5.82 Å². The summed E-state index contributed by atoms with van der Waals surface area (Å²) >= 11 is 3.25. The van der Waals surface area contributed by atoms with Crippen molar-refractivity contribution >= 4 is 15.9 Å². The van der Waals surface area contributed by atoms with E-state index in [1.807, 2.05) is 12.1 Å². The molecule has 100 valence electrons. The van der Waals surface area contributed by atoms with Gasteiger partial charge in [-0.25, -0.2) is 4.39 Å². The quantitative estimate of drug-likeness (QED) is 0.728. The molecule has 0 amide bonds. The van der Waals surface area contributed by atoms with Gasteiger partial charge in [0.1, 0.15) is 5.82 Å². The van der Waals surface area contributed by atoms with Gasteiger partial charge in [-0.2, -0.15) is 0 Å². The monoisotopic (exact) mass is 313 g/mol. The first-order chi connectivity index (χ1) is 8.66. The molecule has 0 aliphatic heterocycles. The Balaban J connectivity index is 1.96. The van der Waals surface area contributed by atoms with Crippen LogP contribution in [0.1, 0.15) is 44.1 Å². The van der Waals surface area contributed by atoms with Crippen LogP contribution in [0.4, 0.5) is 4.39 Å². The number of halogens is 2. The first-order valence-corrected chi connectivity index (χ1v) is 7.60. The Hall–Kier alpha value is -0.410. The standard InChI is InChI=1S/C15H21BrFN/c1-18(13-6-4-2-3-5-7-13)11-12-8-9-15(17)14(16)10-12/h8-10,13H,2-7,11H2,1H3. The van der Waals surface area contributed by atoms with Crippen molar-refractivity contribution in [2.24, 2.45) is 0 Å². The highest BCUT2D eigenvalue weighted by atomic mass is 79.9. The maximum Gasteiger partial charge on any atom is 0.137 e. The van der Waals surface area contributed by atoms with E-state index in [0.29, 0.717) is 10.5 Å². The number of nitrogens with zero attached hydrogens (tertiary/aromatic N) is 1. The fraction of sp³-hybridized carbons (Fsp3) is 0.600. The maximum absolute atomic E-state index is 13.2. The van der Waals surface area contributed by atoms with E-state index in [-0.39, 0.29) is 5.82 Å². The molecule has 0 aromatic heterocycles. The van der Waals surface area contributed by atoms with Crippen LogP contribution in [0.2, 0.25) is 0 Å². The van der Waals surface area contributed by atoms with Gasteiger partial charge in [0.05, 0.1) is 4.47 Å². The van der Waals surface area contributed by atoms with Crippen LogP contribution in [-0.4, -0.2) is 18.0 Å². The summed E-state index contributed by atoms with van der Waals surface area (Å²) in [7, 11) is 2.19. The molecule has 0 N–H and O–H groups in total. The van der Waals surface area contributed by atoms with Gasteiger partial charge in [0.2, 0.25) is 0 Å². The van der Waals surface area contributed by atoms with E-state index in [2.05, 4.69) is 27.9 Å². The number of hydrogen-bond acceptors (Lipinski definition) is 1. The molecule has 1 aromatic carbocycles. The Kier molecular flexibility index (Phi) is 5.19. The molecular weight excluding hydrogens is 293 g/mol. The van der Waals surface area contributed by atoms with Gasteiger partial charge in [-0.15, -0.1) is 0 Å². The van der Waals surface area contributed by atoms with Crippen molar-refractivity contribution in [1.29, 1.82) is 0 Å². The molecule has 1 saturated carbocycles. The largest absolute Gasteiger partial charge is 0.299 e. The summed E-state index contributed by atoms with van der Waals surface area (Å²) in [4.78, 5) is 2.42. The van der Waals surface area contributed by atoms with Gasteiger partial charge in [0.25, 0.3) is 0 Å². The Morgan fingerprint density at radius 1 is 1.22 bits per heavy atom. The second kappa shape index (κ2) is 6.67. The summed E-state index contributed by atoms with van der Waals surface area (Å²) in [5.41, 5.74) is 1.18. The summed E-state index contributed by atoms with van der Waals surface area (Å²) in [6, 6.07) is 6.01. The summed E-state index contributed by atoms with van der Waals surface area (Å²) in [5.74, 6) is -0.184. The Bertz CT molecular complexity index is 386. The summed E-state index contributed by atoms with van der Waals surface area (Å²) in [6.07, 6.45) is 8.07. The topological polar surface area (TPSA) is 3.24 Å². The molecule has 0 bridgehead atoms. The third kappa shape index (κ3) is 3.79. The van der Waals surface area contributed by atoms with Crippen LogP contribution < -0.4 is 0 Å². The van der Waals surface area contributed by atoms with E-state index in [1.54, 1.807) is 6.07 Å². The Morgan fingerprint density at radius 3 is 2.50 bits per heavy atom. The molecule has 1 nitrogen and oxygen atoms in total. The average Bonchev–Trinajstić information content (AvgIpc) is 2.62. The van der Waals surface area contributed by atoms with E-state index in [0.717, 1.165) is 6.54 Å². The third-order valence-electron chi connectivity index (χ3n) is 3.86. The van der Waals surface area contributed by atoms with E-state index in [9.17, 15) is 4.39 Å². The van der Waals surface area contributed by atoms with E-state index < -0.39 is 0 Å². The molecule has 1 aliphatic carbocycles. The van der Waals surface area contributed by atoms with Crippen LogP contribution >= 0.6 is 15.9 Å². The van der Waals surface area contributed by atoms with Gasteiger partial charge in [-0.05, 0) is 53.5 Å². The zero-order valence-corrected chi connectivity index (χ0v) is 12.5. The molecule has 0 atom stereocenters. The summed E-state index contributed by atoms with van der Waals surface area (Å²) in [6.45, 7) is 0.906. The lowest BCUT2D eigenvalue weighted by atomic mass is 10.1. The molecule has 3 heteroatoms. The van der Waals surface area contributed by atoms with Crippen LogP contribution in [-0.2, 0) is 6.54 Å². The molecule has 1 aliphatic rings. The second-order valence-electron chi connectivity index (χ2n) is 5.31. The van der Waals surface area contributed by atoms with Gasteiger partial charge in [0.15, 0.2) is 0 Å². The lowest BCUT2D eigenvalue weighted by Crippen LogP contribution is -2.30. The predicted molar refractivity (Wildman–Crippen MR) is 77.1 cm³/mol. The van der Waals surface area contributed by atoms with Crippen molar-refractivity contribution in [2.45, 2.75) is 51.1 Å². The lowest BCUT2D eigenvalue weighted by Gasteiger charge is -2.27. The van der Waals surface area contributed by atoms with Crippen LogP contribution in [0.5, 0.6) is 0 Å². The molecule has 18 heavy (non-hydrogen) atoms. The van der Waals surface area contributed by atoms with Crippen LogP contribution in [0.3, 0.4) is 0 Å². The minimum atomic E-state index is -0.184. The first-order valence-electron chi connectivity index (χ1n) is 6.81. The van der Waals surface area contributed by atoms with Crippen LogP contribution in [0.25, 0.3) is 0 Å². The van der Waals surface area contributed by atoms with Crippen LogP contribution in [0.15, 0.2) is 22.7 Å². The minimum Gasteiger partial charge on any atom is -0.299 e. The molecular formula is C15H21BrFN. The number of rotatable bonds is 3. The lowest BCUT2D eigenvalue weighted by molar-refractivity contribution is 0.213. The Morgan fingerprint density at radius 2 is 1.89 bits per heavy atom. The summed E-state index contributed by atoms with van der Waals surface area (Å²) < 4.78 is 13.7. The Labute approximate surface area is 118 Å². The average molecular weight is 314 g/mol. The molecule has 2 rings (SSSR count). The highest BCUT2D eigenvalue weighted by Crippen LogP contribution is 2.23. The molecule has 1 fully saturated rings. The van der Waals surface area contributed by atoms with Gasteiger partial charge < -0.3 is 0 Å². The van der Waals surface area contributed by atoms with E-state index in [1.165, 1.54) is 44.1 Å². The summed E-state index contributed by atoms with van der Waals surface area (Å²) in [5, 5.41) is 0. The molecule has 0 saturated heterocycles. The maximum atomic E-state index is 13.2. The molecule has 0 unspecified atom stereocenters. The highest BCUT2D eigenvalue weighted by Gasteiger charge is 2.17. The first kappa shape index (κ1) is 14.0. The molecule has 1 aromatic rings. The fourth-order valence-corrected chi connectivity index (χ4v) is 3.18. The minimum absolute atomic E-state index is 0.184. The smallest absolute Gasteiger partial charge is 0.137 e. The number of hydrogen-bond donors (Lipinski definition) is 0. The zero-order chi connectivity index (χ0) is 13.0. The molecule has 0 radical (unpaired) electrons. The predicted octanol–water partition coefficient (Wildman–Crippen LogP) is 4.74. The molecule has 0 heterocycles. The molecule has 0 spiro atoms. The third-order valence-corrected chi connectivity index (χ3v) is 4.47. The van der Waals surface area contributed by atoms with Gasteiger partial charge in [-0.1, -0.05) is 31.7 Å². The van der Waals surface area contributed by atoms with Gasteiger partial charge in [-0.3, -0.25) is 4.90 Å². The zero-order valence-electron chi connectivity index (χ0n) is 11.0. The van der Waals surface area contributed by atoms with E-state index >= 15 is 0 Å². The van der Waals surface area contributed by atoms with E-state index in [4.69, 9.17) is 0 Å².